The van der Waals surface area contributed by atoms with E-state index in [4.69, 9.17) is 23.2 Å². The van der Waals surface area contributed by atoms with Crippen LogP contribution in [0.4, 0.5) is 0 Å². The molecule has 3 nitrogen and oxygen atoms in total. The van der Waals surface area contributed by atoms with Gasteiger partial charge in [-0.1, -0.05) is 45.9 Å². The molecule has 0 saturated carbocycles. The van der Waals surface area contributed by atoms with E-state index in [9.17, 15) is 0 Å². The first-order valence-corrected chi connectivity index (χ1v) is 8.21. The molecule has 1 aliphatic heterocycles. The number of nitrogens with zero attached hydrogens (tertiary/aromatic N) is 3. The third kappa shape index (κ3) is 3.14. The standard InChI is InChI=1S/C14H15Cl2N3S/c15-12-6-2-1-4-10(12)8-11-5-3-7-19(11)9-13-14(16)20-18-17-13/h1-2,4,6,11H,3,5,7-9H2. The second kappa shape index (κ2) is 6.39. The molecule has 3 rings (SSSR count). The number of benzene rings is 1. The van der Waals surface area contributed by atoms with Crippen molar-refractivity contribution >= 4 is 34.7 Å². The molecule has 2 heterocycles. The van der Waals surface area contributed by atoms with Gasteiger partial charge in [0, 0.05) is 29.1 Å². The van der Waals surface area contributed by atoms with Gasteiger partial charge in [-0.3, -0.25) is 4.90 Å². The van der Waals surface area contributed by atoms with Gasteiger partial charge in [-0.2, -0.15) is 0 Å². The Morgan fingerprint density at radius 3 is 2.90 bits per heavy atom. The molecule has 1 fully saturated rings. The molecule has 2 aromatic rings. The number of halogens is 2. The first-order chi connectivity index (χ1) is 9.74. The Morgan fingerprint density at radius 1 is 1.30 bits per heavy atom. The fraction of sp³-hybridized carbons (Fsp3) is 0.429. The topological polar surface area (TPSA) is 29.0 Å². The van der Waals surface area contributed by atoms with Crippen molar-refractivity contribution in [3.63, 3.8) is 0 Å². The summed E-state index contributed by atoms with van der Waals surface area (Å²) in [5.41, 5.74) is 2.11. The number of rotatable bonds is 4. The summed E-state index contributed by atoms with van der Waals surface area (Å²) in [6.07, 6.45) is 3.39. The van der Waals surface area contributed by atoms with E-state index >= 15 is 0 Å². The van der Waals surface area contributed by atoms with E-state index in [2.05, 4.69) is 20.6 Å². The van der Waals surface area contributed by atoms with Crippen molar-refractivity contribution in [2.24, 2.45) is 0 Å². The highest BCUT2D eigenvalue weighted by Gasteiger charge is 2.26. The maximum Gasteiger partial charge on any atom is 0.138 e. The molecular weight excluding hydrogens is 313 g/mol. The van der Waals surface area contributed by atoms with Gasteiger partial charge in [0.1, 0.15) is 10.0 Å². The van der Waals surface area contributed by atoms with Crippen LogP contribution >= 0.6 is 34.7 Å². The van der Waals surface area contributed by atoms with E-state index in [1.165, 1.54) is 29.9 Å². The Kier molecular flexibility index (Phi) is 4.56. The molecule has 0 bridgehead atoms. The van der Waals surface area contributed by atoms with Crippen LogP contribution in [0, 0.1) is 0 Å². The van der Waals surface area contributed by atoms with Gasteiger partial charge in [-0.25, -0.2) is 0 Å². The van der Waals surface area contributed by atoms with Gasteiger partial charge in [-0.05, 0) is 37.4 Å². The maximum atomic E-state index is 6.26. The minimum absolute atomic E-state index is 0.507. The van der Waals surface area contributed by atoms with Gasteiger partial charge in [0.25, 0.3) is 0 Å². The van der Waals surface area contributed by atoms with Gasteiger partial charge in [0.15, 0.2) is 0 Å². The zero-order valence-electron chi connectivity index (χ0n) is 10.9. The van der Waals surface area contributed by atoms with Crippen molar-refractivity contribution in [1.29, 1.82) is 0 Å². The summed E-state index contributed by atoms with van der Waals surface area (Å²) in [7, 11) is 0. The molecule has 0 N–H and O–H groups in total. The molecule has 1 aromatic carbocycles. The monoisotopic (exact) mass is 327 g/mol. The average molecular weight is 328 g/mol. The van der Waals surface area contributed by atoms with Gasteiger partial charge in [-0.15, -0.1) is 5.10 Å². The molecule has 106 valence electrons. The minimum atomic E-state index is 0.507. The highest BCUT2D eigenvalue weighted by atomic mass is 35.5. The second-order valence-electron chi connectivity index (χ2n) is 5.06. The predicted octanol–water partition coefficient (Wildman–Crippen LogP) is 4.05. The zero-order valence-corrected chi connectivity index (χ0v) is 13.3. The van der Waals surface area contributed by atoms with E-state index in [-0.39, 0.29) is 0 Å². The molecule has 1 aliphatic rings. The third-order valence-electron chi connectivity index (χ3n) is 3.77. The molecule has 1 atom stereocenters. The summed E-state index contributed by atoms with van der Waals surface area (Å²) in [4.78, 5) is 2.44. The van der Waals surface area contributed by atoms with Crippen LogP contribution in [0.1, 0.15) is 24.1 Å². The largest absolute Gasteiger partial charge is 0.294 e. The summed E-state index contributed by atoms with van der Waals surface area (Å²) >= 11 is 13.6. The van der Waals surface area contributed by atoms with Gasteiger partial charge >= 0.3 is 0 Å². The molecular formula is C14H15Cl2N3S. The van der Waals surface area contributed by atoms with Gasteiger partial charge < -0.3 is 0 Å². The van der Waals surface area contributed by atoms with Gasteiger partial charge in [0.05, 0.1) is 0 Å². The van der Waals surface area contributed by atoms with Crippen LogP contribution in [0.3, 0.4) is 0 Å². The Bertz CT molecular complexity index is 587. The first kappa shape index (κ1) is 14.3. The van der Waals surface area contributed by atoms with Crippen LogP contribution in [0.2, 0.25) is 9.36 Å². The van der Waals surface area contributed by atoms with E-state index in [0.717, 1.165) is 30.2 Å². The zero-order chi connectivity index (χ0) is 13.9. The van der Waals surface area contributed by atoms with Crippen LogP contribution in [0.25, 0.3) is 0 Å². The fourth-order valence-electron chi connectivity index (χ4n) is 2.74. The van der Waals surface area contributed by atoms with Crippen molar-refractivity contribution in [3.05, 3.63) is 44.9 Å². The number of hydrogen-bond acceptors (Lipinski definition) is 4. The summed E-state index contributed by atoms with van der Waals surface area (Å²) in [5, 5.41) is 4.96. The second-order valence-corrected chi connectivity index (χ2v) is 6.82. The smallest absolute Gasteiger partial charge is 0.138 e. The highest BCUT2D eigenvalue weighted by molar-refractivity contribution is 7.10. The van der Waals surface area contributed by atoms with Crippen molar-refractivity contribution < 1.29 is 0 Å². The normalized spacial score (nSPS) is 19.6. The van der Waals surface area contributed by atoms with Crippen molar-refractivity contribution in [3.8, 4) is 0 Å². The molecule has 1 aromatic heterocycles. The molecule has 6 heteroatoms. The summed E-state index contributed by atoms with van der Waals surface area (Å²) in [6, 6.07) is 8.58. The minimum Gasteiger partial charge on any atom is -0.294 e. The first-order valence-electron chi connectivity index (χ1n) is 6.68. The molecule has 1 saturated heterocycles. The average Bonchev–Trinajstić information content (AvgIpc) is 3.04. The third-order valence-corrected chi connectivity index (χ3v) is 5.13. The number of likely N-dealkylation sites (tertiary alicyclic amines) is 1. The van der Waals surface area contributed by atoms with E-state index < -0.39 is 0 Å². The van der Waals surface area contributed by atoms with E-state index in [1.54, 1.807) is 0 Å². The van der Waals surface area contributed by atoms with Crippen molar-refractivity contribution in [2.45, 2.75) is 31.8 Å². The number of aromatic nitrogens is 2. The highest BCUT2D eigenvalue weighted by Crippen LogP contribution is 2.27. The Labute approximate surface area is 132 Å². The molecule has 0 radical (unpaired) electrons. The van der Waals surface area contributed by atoms with Crippen molar-refractivity contribution in [2.75, 3.05) is 6.54 Å². The summed E-state index contributed by atoms with van der Waals surface area (Å²) in [6.45, 7) is 1.87. The van der Waals surface area contributed by atoms with Crippen molar-refractivity contribution in [1.82, 2.24) is 14.5 Å². The fourth-order valence-corrected chi connectivity index (χ4v) is 3.56. The van der Waals surface area contributed by atoms with Crippen LogP contribution in [0.5, 0.6) is 0 Å². The predicted molar refractivity (Wildman–Crippen MR) is 83.5 cm³/mol. The lowest BCUT2D eigenvalue weighted by molar-refractivity contribution is 0.241. The molecule has 0 amide bonds. The lowest BCUT2D eigenvalue weighted by atomic mass is 10.0. The maximum absolute atomic E-state index is 6.26. The van der Waals surface area contributed by atoms with Crippen LogP contribution < -0.4 is 0 Å². The van der Waals surface area contributed by atoms with Crippen LogP contribution in [0.15, 0.2) is 24.3 Å². The Morgan fingerprint density at radius 2 is 2.15 bits per heavy atom. The molecule has 0 aliphatic carbocycles. The molecule has 0 spiro atoms. The molecule has 1 unspecified atom stereocenters. The quantitative estimate of drug-likeness (QED) is 0.848. The Hall–Kier alpha value is -0.680. The lowest BCUT2D eigenvalue weighted by Gasteiger charge is -2.24. The van der Waals surface area contributed by atoms with Gasteiger partial charge in [0.2, 0.25) is 0 Å². The van der Waals surface area contributed by atoms with E-state index in [1.807, 2.05) is 18.2 Å². The van der Waals surface area contributed by atoms with Crippen LogP contribution in [-0.2, 0) is 13.0 Å². The molecule has 20 heavy (non-hydrogen) atoms. The van der Waals surface area contributed by atoms with Crippen LogP contribution in [-0.4, -0.2) is 27.1 Å². The Balaban J connectivity index is 1.70. The van der Waals surface area contributed by atoms with E-state index in [0.29, 0.717) is 10.4 Å². The number of hydrogen-bond donors (Lipinski definition) is 0. The summed E-state index contributed by atoms with van der Waals surface area (Å²) in [5.74, 6) is 0. The summed E-state index contributed by atoms with van der Waals surface area (Å²) < 4.78 is 4.60. The lowest BCUT2D eigenvalue weighted by Crippen LogP contribution is -2.31. The SMILES string of the molecule is Clc1ccccc1CC1CCCN1Cc1nnsc1Cl.